The van der Waals surface area contributed by atoms with Crippen molar-refractivity contribution in [2.45, 2.75) is 10.6 Å². The number of rotatable bonds is 5. The predicted molar refractivity (Wildman–Crippen MR) is 132 cm³/mol. The molecule has 1 N–H and O–H groups in total. The van der Waals surface area contributed by atoms with Gasteiger partial charge in [-0.25, -0.2) is 12.6 Å². The van der Waals surface area contributed by atoms with Crippen LogP contribution < -0.4 is 0 Å². The molecule has 6 nitrogen and oxygen atoms in total. The summed E-state index contributed by atoms with van der Waals surface area (Å²) in [6.45, 7) is 0. The third-order valence-electron chi connectivity index (χ3n) is 5.56. The van der Waals surface area contributed by atoms with E-state index in [2.05, 4.69) is 33.8 Å². The summed E-state index contributed by atoms with van der Waals surface area (Å²) in [6.07, 6.45) is 2.80. The molecule has 0 radical (unpaired) electrons. The Hall–Kier alpha value is -3.33. The highest BCUT2D eigenvalue weighted by Gasteiger charge is 2.15. The van der Waals surface area contributed by atoms with Gasteiger partial charge in [-0.2, -0.15) is 0 Å². The Morgan fingerprint density at radius 2 is 1.55 bits per heavy atom. The molecule has 1 atom stereocenters. The molecule has 3 aromatic carbocycles. The van der Waals surface area contributed by atoms with Crippen molar-refractivity contribution >= 4 is 42.7 Å². The molecule has 166 valence electrons. The van der Waals surface area contributed by atoms with E-state index in [9.17, 15) is 17.2 Å². The maximum Gasteiger partial charge on any atom is 0.175 e. The van der Waals surface area contributed by atoms with Crippen LogP contribution in [0.2, 0.25) is 0 Å². The fourth-order valence-corrected chi connectivity index (χ4v) is 5.32. The molecule has 1 unspecified atom stereocenters. The van der Waals surface area contributed by atoms with Crippen LogP contribution >= 0.6 is 0 Å². The van der Waals surface area contributed by atoms with Crippen LogP contribution in [-0.4, -0.2) is 33.0 Å². The lowest BCUT2D eigenvalue weighted by Gasteiger charge is -2.11. The van der Waals surface area contributed by atoms with Crippen LogP contribution in [0.15, 0.2) is 90.0 Å². The minimum Gasteiger partial charge on any atom is -0.309 e. The monoisotopic (exact) mass is 476 g/mol. The number of benzene rings is 3. The molecule has 33 heavy (non-hydrogen) atoms. The van der Waals surface area contributed by atoms with Crippen molar-refractivity contribution in [2.75, 3.05) is 6.26 Å². The Bertz CT molecular complexity index is 1600. The van der Waals surface area contributed by atoms with Gasteiger partial charge in [0, 0.05) is 34.5 Å². The summed E-state index contributed by atoms with van der Waals surface area (Å²) in [5.74, 6) is -0.164. The van der Waals surface area contributed by atoms with E-state index in [0.29, 0.717) is 16.8 Å². The van der Waals surface area contributed by atoms with Gasteiger partial charge in [0.2, 0.25) is 0 Å². The predicted octanol–water partition coefficient (Wildman–Crippen LogP) is 4.97. The van der Waals surface area contributed by atoms with Crippen molar-refractivity contribution in [3.05, 3.63) is 90.6 Å². The first kappa shape index (κ1) is 21.5. The number of para-hydroxylation sites is 2. The van der Waals surface area contributed by atoms with E-state index in [1.807, 2.05) is 36.4 Å². The van der Waals surface area contributed by atoms with Gasteiger partial charge in [-0.1, -0.05) is 36.4 Å². The lowest BCUT2D eigenvalue weighted by Crippen LogP contribution is -2.02. The van der Waals surface area contributed by atoms with E-state index < -0.39 is 20.9 Å². The molecule has 0 aliphatic rings. The number of nitrogens with zero attached hydrogens (tertiary/aromatic N) is 2. The van der Waals surface area contributed by atoms with Crippen LogP contribution in [0.1, 0.15) is 5.56 Å². The molecule has 0 aliphatic carbocycles. The Morgan fingerprint density at radius 1 is 0.909 bits per heavy atom. The number of aromatic nitrogens is 2. The fraction of sp³-hybridized carbons (Fsp3) is 0.0800. The number of hydrogen-bond donors (Lipinski definition) is 1. The van der Waals surface area contributed by atoms with Gasteiger partial charge < -0.3 is 9.12 Å². The van der Waals surface area contributed by atoms with Crippen LogP contribution in [0.25, 0.3) is 38.8 Å². The first-order valence-corrected chi connectivity index (χ1v) is 13.3. The van der Waals surface area contributed by atoms with Gasteiger partial charge in [0.25, 0.3) is 0 Å². The summed E-state index contributed by atoms with van der Waals surface area (Å²) in [6, 6.07) is 24.8. The molecular formula is C25H20N2O4S2. The average molecular weight is 477 g/mol. The Morgan fingerprint density at radius 3 is 2.15 bits per heavy atom. The number of fused-ring (bicyclic) bond motifs is 3. The zero-order valence-corrected chi connectivity index (χ0v) is 19.3. The standard InChI is InChI=1S/C25H20N2O4S2/c1-33(30,31)20-13-17(16-32(28)29)12-18(14-20)23-15-19(10-11-26-23)27-24-8-4-2-6-21(24)22-7-3-5-9-25(22)27/h2-15H,16H2,1H3,(H,28,29). The molecular weight excluding hydrogens is 456 g/mol. The second kappa shape index (κ2) is 8.22. The van der Waals surface area contributed by atoms with Crippen LogP contribution in [0.3, 0.4) is 0 Å². The Kier molecular flexibility index (Phi) is 5.36. The minimum atomic E-state index is -3.52. The minimum absolute atomic E-state index is 0.0875. The van der Waals surface area contributed by atoms with E-state index in [1.54, 1.807) is 18.3 Å². The maximum absolute atomic E-state index is 12.2. The molecule has 0 aliphatic heterocycles. The molecule has 0 bridgehead atoms. The quantitative estimate of drug-likeness (QED) is 0.362. The lowest BCUT2D eigenvalue weighted by atomic mass is 10.1. The highest BCUT2D eigenvalue weighted by Crippen LogP contribution is 2.33. The van der Waals surface area contributed by atoms with E-state index in [1.165, 1.54) is 6.07 Å². The second-order valence-electron chi connectivity index (χ2n) is 7.87. The SMILES string of the molecule is CS(=O)(=O)c1cc(CS(=O)O)cc(-c2cc(-n3c4ccccc4c4ccccc43)ccn2)c1. The van der Waals surface area contributed by atoms with E-state index >= 15 is 0 Å². The Balaban J connectivity index is 1.73. The van der Waals surface area contributed by atoms with Crippen molar-refractivity contribution in [3.63, 3.8) is 0 Å². The third-order valence-corrected chi connectivity index (χ3v) is 7.23. The topological polar surface area (TPSA) is 89.3 Å². The van der Waals surface area contributed by atoms with Gasteiger partial charge in [-0.05, 0) is 48.0 Å². The smallest absolute Gasteiger partial charge is 0.175 e. The molecule has 0 saturated carbocycles. The van der Waals surface area contributed by atoms with E-state index in [-0.39, 0.29) is 10.6 Å². The number of pyridine rings is 1. The van der Waals surface area contributed by atoms with Crippen molar-refractivity contribution in [1.29, 1.82) is 0 Å². The summed E-state index contributed by atoms with van der Waals surface area (Å²) in [4.78, 5) is 4.56. The second-order valence-corrected chi connectivity index (χ2v) is 10.8. The number of sulfone groups is 1. The van der Waals surface area contributed by atoms with Gasteiger partial charge in [0.15, 0.2) is 20.9 Å². The molecule has 2 aromatic heterocycles. The van der Waals surface area contributed by atoms with E-state index in [0.717, 1.165) is 33.7 Å². The maximum atomic E-state index is 12.2. The summed E-state index contributed by atoms with van der Waals surface area (Å²) in [7, 11) is -3.52. The number of hydrogen-bond acceptors (Lipinski definition) is 4. The van der Waals surface area contributed by atoms with Crippen LogP contribution in [0.5, 0.6) is 0 Å². The van der Waals surface area contributed by atoms with Crippen molar-refractivity contribution < 1.29 is 17.2 Å². The summed E-state index contributed by atoms with van der Waals surface area (Å²) in [5.41, 5.74) is 4.59. The molecule has 0 amide bonds. The van der Waals surface area contributed by atoms with Gasteiger partial charge in [-0.15, -0.1) is 0 Å². The molecule has 2 heterocycles. The van der Waals surface area contributed by atoms with Gasteiger partial charge in [0.05, 0.1) is 27.4 Å². The van der Waals surface area contributed by atoms with Gasteiger partial charge in [0.1, 0.15) is 0 Å². The molecule has 0 saturated heterocycles. The van der Waals surface area contributed by atoms with Crippen LogP contribution in [0, 0.1) is 0 Å². The average Bonchev–Trinajstić information content (AvgIpc) is 3.12. The highest BCUT2D eigenvalue weighted by atomic mass is 32.2. The van der Waals surface area contributed by atoms with Crippen LogP contribution in [0.4, 0.5) is 0 Å². The largest absolute Gasteiger partial charge is 0.309 e. The first-order valence-electron chi connectivity index (χ1n) is 10.2. The third kappa shape index (κ3) is 4.08. The molecule has 8 heteroatoms. The summed E-state index contributed by atoms with van der Waals surface area (Å²) in [5, 5.41) is 2.27. The molecule has 5 rings (SSSR count). The van der Waals surface area contributed by atoms with Crippen LogP contribution in [-0.2, 0) is 26.7 Å². The molecule has 0 fully saturated rings. The highest BCUT2D eigenvalue weighted by molar-refractivity contribution is 7.90. The molecule has 0 spiro atoms. The van der Waals surface area contributed by atoms with Gasteiger partial charge >= 0.3 is 0 Å². The fourth-order valence-electron chi connectivity index (χ4n) is 4.17. The lowest BCUT2D eigenvalue weighted by molar-refractivity contribution is 0.563. The van der Waals surface area contributed by atoms with Crippen molar-refractivity contribution in [1.82, 2.24) is 9.55 Å². The first-order chi connectivity index (χ1) is 15.8. The zero-order chi connectivity index (χ0) is 23.2. The zero-order valence-electron chi connectivity index (χ0n) is 17.7. The Labute approximate surface area is 193 Å². The normalized spacial score (nSPS) is 12.9. The summed E-state index contributed by atoms with van der Waals surface area (Å²) < 4.78 is 47.3. The van der Waals surface area contributed by atoms with Crippen molar-refractivity contribution in [3.8, 4) is 16.9 Å². The van der Waals surface area contributed by atoms with Gasteiger partial charge in [-0.3, -0.25) is 4.98 Å². The molecule has 5 aromatic rings. The summed E-state index contributed by atoms with van der Waals surface area (Å²) >= 11 is -2.10. The van der Waals surface area contributed by atoms with E-state index in [4.69, 9.17) is 0 Å². The van der Waals surface area contributed by atoms with Crippen molar-refractivity contribution in [2.24, 2.45) is 0 Å².